The number of phenolic OH excluding ortho intramolecular Hbond substituents is 1. The van der Waals surface area contributed by atoms with Crippen LogP contribution < -0.4 is 15.1 Å². The molecule has 0 bridgehead atoms. The number of hydrogen-bond acceptors (Lipinski definition) is 7. The number of phenols is 1. The van der Waals surface area contributed by atoms with Crippen molar-refractivity contribution < 1.29 is 37.1 Å². The Morgan fingerprint density at radius 1 is 0.953 bits per heavy atom. The van der Waals surface area contributed by atoms with Crippen molar-refractivity contribution in [2.75, 3.05) is 10.2 Å². The highest BCUT2D eigenvalue weighted by Gasteiger charge is 2.57. The summed E-state index contributed by atoms with van der Waals surface area (Å²) in [6, 6.07) is 14.8. The number of amides is 3. The summed E-state index contributed by atoms with van der Waals surface area (Å²) in [4.78, 5) is 54.3. The lowest BCUT2D eigenvalue weighted by Gasteiger charge is -2.30. The van der Waals surface area contributed by atoms with Gasteiger partial charge in [-0.1, -0.05) is 41.3 Å². The van der Waals surface area contributed by atoms with Crippen LogP contribution in [-0.2, 0) is 27.1 Å². The van der Waals surface area contributed by atoms with Crippen molar-refractivity contribution in [1.82, 2.24) is 4.57 Å². The molecule has 14 heteroatoms. The SMILES string of the molecule is O=C(Cn1c2c(sc1=O)[C@@H](c1ccc(O)cc1)C1C(=O)N(c3cccc(C(F)(F)F)c3)C(=O)C1S2)Nc1ccc(F)cc1. The lowest BCUT2D eigenvalue weighted by Crippen LogP contribution is -2.33. The molecule has 2 N–H and O–H groups in total. The molecule has 2 aliphatic rings. The van der Waals surface area contributed by atoms with E-state index in [2.05, 4.69) is 5.32 Å². The van der Waals surface area contributed by atoms with Crippen LogP contribution in [0.1, 0.15) is 21.9 Å². The van der Waals surface area contributed by atoms with E-state index in [1.165, 1.54) is 47.0 Å². The van der Waals surface area contributed by atoms with E-state index in [1.54, 1.807) is 0 Å². The topological polar surface area (TPSA) is 109 Å². The van der Waals surface area contributed by atoms with Crippen molar-refractivity contribution >= 4 is 52.2 Å². The minimum atomic E-state index is -4.70. The van der Waals surface area contributed by atoms with E-state index in [0.29, 0.717) is 16.1 Å². The standard InChI is InChI=1S/C29H19F4N3O5S2/c30-16-6-8-17(9-7-16)34-20(38)13-35-27-24(43-28(35)41)21(14-4-10-19(37)11-5-14)22-23(42-27)26(40)36(25(22)39)18-3-1-2-15(12-18)29(31,32)33/h1-12,21-23,37H,13H2,(H,34,38)/t21-,22?,23?/m0/s1. The number of rotatable bonds is 5. The molecule has 0 spiro atoms. The predicted molar refractivity (Wildman–Crippen MR) is 151 cm³/mol. The molecule has 0 saturated carbocycles. The predicted octanol–water partition coefficient (Wildman–Crippen LogP) is 5.21. The molecule has 1 fully saturated rings. The molecule has 0 aliphatic carbocycles. The number of aromatic hydroxyl groups is 1. The first kappa shape index (κ1) is 28.7. The van der Waals surface area contributed by atoms with Gasteiger partial charge in [-0.2, -0.15) is 13.2 Å². The van der Waals surface area contributed by atoms with Crippen molar-refractivity contribution in [2.45, 2.75) is 28.9 Å². The first-order valence-electron chi connectivity index (χ1n) is 12.7. The van der Waals surface area contributed by atoms with E-state index in [4.69, 9.17) is 0 Å². The zero-order valence-electron chi connectivity index (χ0n) is 21.7. The quantitative estimate of drug-likeness (QED) is 0.232. The Morgan fingerprint density at radius 3 is 2.33 bits per heavy atom. The van der Waals surface area contributed by atoms with E-state index in [1.807, 2.05) is 0 Å². The molecular weight excluding hydrogens is 610 g/mol. The number of halogens is 4. The third-order valence-corrected chi connectivity index (χ3v) is 9.77. The van der Waals surface area contributed by atoms with Gasteiger partial charge in [-0.3, -0.25) is 23.7 Å². The maximum atomic E-state index is 13.9. The monoisotopic (exact) mass is 629 g/mol. The van der Waals surface area contributed by atoms with Crippen LogP contribution in [0.25, 0.3) is 0 Å². The van der Waals surface area contributed by atoms with Gasteiger partial charge < -0.3 is 10.4 Å². The molecular formula is C29H19F4N3O5S2. The third-order valence-electron chi connectivity index (χ3n) is 7.16. The molecule has 1 saturated heterocycles. The fraction of sp³-hybridized carbons (Fsp3) is 0.172. The number of carbonyl (C=O) groups is 3. The van der Waals surface area contributed by atoms with E-state index in [9.17, 15) is 41.8 Å². The second kappa shape index (κ2) is 10.7. The molecule has 8 nitrogen and oxygen atoms in total. The van der Waals surface area contributed by atoms with Gasteiger partial charge in [0, 0.05) is 16.5 Å². The number of thioether (sulfide) groups is 1. The van der Waals surface area contributed by atoms with Crippen LogP contribution in [0.4, 0.5) is 28.9 Å². The van der Waals surface area contributed by atoms with Crippen molar-refractivity contribution in [3.8, 4) is 5.75 Å². The van der Waals surface area contributed by atoms with Gasteiger partial charge in [-0.05, 0) is 60.2 Å². The smallest absolute Gasteiger partial charge is 0.416 e. The maximum absolute atomic E-state index is 13.9. The minimum Gasteiger partial charge on any atom is -0.508 e. The molecule has 2 unspecified atom stereocenters. The average Bonchev–Trinajstić information content (AvgIpc) is 3.40. The zero-order valence-corrected chi connectivity index (χ0v) is 23.3. The third kappa shape index (κ3) is 5.20. The summed E-state index contributed by atoms with van der Waals surface area (Å²) >= 11 is 1.70. The van der Waals surface area contributed by atoms with Gasteiger partial charge >= 0.3 is 11.0 Å². The fourth-order valence-corrected chi connectivity index (χ4v) is 8.02. The Kier molecular flexibility index (Phi) is 7.13. The van der Waals surface area contributed by atoms with Crippen LogP contribution in [0.2, 0.25) is 0 Å². The fourth-order valence-electron chi connectivity index (χ4n) is 5.25. The largest absolute Gasteiger partial charge is 0.508 e. The van der Waals surface area contributed by atoms with Crippen molar-refractivity contribution in [3.63, 3.8) is 0 Å². The number of anilines is 2. The molecule has 4 aromatic rings. The number of nitrogens with one attached hydrogen (secondary N) is 1. The van der Waals surface area contributed by atoms with E-state index in [0.717, 1.165) is 58.3 Å². The number of fused-ring (bicyclic) bond motifs is 2. The van der Waals surface area contributed by atoms with Gasteiger partial charge in [0.05, 0.1) is 22.2 Å². The summed E-state index contributed by atoms with van der Waals surface area (Å²) in [5, 5.41) is 11.6. The number of carbonyl (C=O) groups excluding carboxylic acids is 3. The number of benzene rings is 3. The molecule has 3 heterocycles. The molecule has 1 aromatic heterocycles. The number of thiazole rings is 1. The maximum Gasteiger partial charge on any atom is 0.416 e. The number of aromatic nitrogens is 1. The molecule has 3 aromatic carbocycles. The molecule has 6 rings (SSSR count). The van der Waals surface area contributed by atoms with Crippen molar-refractivity contribution in [2.24, 2.45) is 5.92 Å². The molecule has 3 amide bonds. The first-order valence-corrected chi connectivity index (χ1v) is 14.4. The first-order chi connectivity index (χ1) is 20.4. The van der Waals surface area contributed by atoms with Crippen LogP contribution >= 0.6 is 23.1 Å². The normalized spacial score (nSPS) is 19.7. The molecule has 43 heavy (non-hydrogen) atoms. The Balaban J connectivity index is 1.40. The van der Waals surface area contributed by atoms with Crippen LogP contribution in [0.5, 0.6) is 5.75 Å². The van der Waals surface area contributed by atoms with Gasteiger partial charge in [-0.15, -0.1) is 0 Å². The Labute approximate surface area is 248 Å². The molecule has 2 aliphatic heterocycles. The number of alkyl halides is 3. The molecule has 0 radical (unpaired) electrons. The minimum absolute atomic E-state index is 0.0617. The van der Waals surface area contributed by atoms with Crippen LogP contribution in [0, 0.1) is 11.7 Å². The van der Waals surface area contributed by atoms with Crippen LogP contribution in [-0.4, -0.2) is 32.6 Å². The van der Waals surface area contributed by atoms with Gasteiger partial charge in [0.15, 0.2) is 0 Å². The lowest BCUT2D eigenvalue weighted by atomic mass is 9.83. The summed E-state index contributed by atoms with van der Waals surface area (Å²) in [5.41, 5.74) is -0.468. The van der Waals surface area contributed by atoms with Gasteiger partial charge in [0.1, 0.15) is 23.4 Å². The summed E-state index contributed by atoms with van der Waals surface area (Å²) in [7, 11) is 0. The highest BCUT2D eigenvalue weighted by Crippen LogP contribution is 2.54. The Bertz CT molecular complexity index is 1820. The number of imide groups is 1. The highest BCUT2D eigenvalue weighted by molar-refractivity contribution is 8.00. The molecule has 220 valence electrons. The summed E-state index contributed by atoms with van der Waals surface area (Å²) in [6.07, 6.45) is -4.70. The van der Waals surface area contributed by atoms with E-state index >= 15 is 0 Å². The average molecular weight is 630 g/mol. The van der Waals surface area contributed by atoms with Crippen LogP contribution in [0.15, 0.2) is 82.6 Å². The second-order valence-corrected chi connectivity index (χ2v) is 12.0. The molecule has 3 atom stereocenters. The van der Waals surface area contributed by atoms with Crippen molar-refractivity contribution in [1.29, 1.82) is 0 Å². The van der Waals surface area contributed by atoms with Crippen molar-refractivity contribution in [3.05, 3.63) is 104 Å². The van der Waals surface area contributed by atoms with Crippen LogP contribution in [0.3, 0.4) is 0 Å². The zero-order chi connectivity index (χ0) is 30.6. The number of hydrogen-bond donors (Lipinski definition) is 2. The van der Waals surface area contributed by atoms with Gasteiger partial charge in [0.2, 0.25) is 17.7 Å². The second-order valence-electron chi connectivity index (χ2n) is 9.87. The lowest BCUT2D eigenvalue weighted by molar-refractivity contribution is -0.137. The van der Waals surface area contributed by atoms with Gasteiger partial charge in [-0.25, -0.2) is 9.29 Å². The van der Waals surface area contributed by atoms with E-state index < -0.39 is 63.8 Å². The Morgan fingerprint density at radius 2 is 1.65 bits per heavy atom. The Hall–Kier alpha value is -4.43. The van der Waals surface area contributed by atoms with E-state index in [-0.39, 0.29) is 16.5 Å². The number of nitrogens with zero attached hydrogens (tertiary/aromatic N) is 2. The summed E-state index contributed by atoms with van der Waals surface area (Å²) in [6.45, 7) is -0.450. The van der Waals surface area contributed by atoms with Gasteiger partial charge in [0.25, 0.3) is 0 Å². The summed E-state index contributed by atoms with van der Waals surface area (Å²) in [5.74, 6) is -4.59. The summed E-state index contributed by atoms with van der Waals surface area (Å²) < 4.78 is 54.8. The highest BCUT2D eigenvalue weighted by atomic mass is 32.2.